The predicted molar refractivity (Wildman–Crippen MR) is 80.8 cm³/mol. The Hall–Kier alpha value is -1.41. The molecule has 0 spiro atoms. The van der Waals surface area contributed by atoms with Crippen LogP contribution in [0.5, 0.6) is 0 Å². The highest BCUT2D eigenvalue weighted by molar-refractivity contribution is 9.10. The number of carbonyl (C=O) groups is 2. The molecule has 1 aromatic rings. The van der Waals surface area contributed by atoms with Crippen LogP contribution in [0.25, 0.3) is 0 Å². The molecule has 0 aromatic carbocycles. The minimum Gasteiger partial charge on any atom is -0.481 e. The number of hydrogen-bond donors (Lipinski definition) is 2. The maximum atomic E-state index is 12.7. The molecule has 2 unspecified atom stereocenters. The van der Waals surface area contributed by atoms with E-state index in [0.717, 1.165) is 18.5 Å². The number of aromatic nitrogens is 2. The van der Waals surface area contributed by atoms with Crippen LogP contribution in [0.4, 0.5) is 0 Å². The van der Waals surface area contributed by atoms with E-state index in [1.54, 1.807) is 12.0 Å². The highest BCUT2D eigenvalue weighted by Crippen LogP contribution is 2.43. The topological polar surface area (TPSA) is 95.5 Å². The molecule has 2 heterocycles. The minimum absolute atomic E-state index is 0.0802. The van der Waals surface area contributed by atoms with Crippen molar-refractivity contribution in [2.75, 3.05) is 13.7 Å². The number of H-pyrrole nitrogens is 1. The smallest absolute Gasteiger partial charge is 0.305 e. The molecule has 0 bridgehead atoms. The summed E-state index contributed by atoms with van der Waals surface area (Å²) in [6, 6.07) is -0.358. The lowest BCUT2D eigenvalue weighted by atomic mass is 10.1. The Morgan fingerprint density at radius 2 is 2.23 bits per heavy atom. The Balaban J connectivity index is 1.81. The first-order valence-corrected chi connectivity index (χ1v) is 8.09. The molecule has 3 rings (SSSR count). The van der Waals surface area contributed by atoms with E-state index < -0.39 is 5.97 Å². The van der Waals surface area contributed by atoms with Crippen LogP contribution in [-0.2, 0) is 9.53 Å². The SMILES string of the molecule is COC1CC(CC(=O)O)N(C(=O)c2n[nH]c(C3CC3)c2Br)C1. The van der Waals surface area contributed by atoms with Crippen molar-refractivity contribution in [2.24, 2.45) is 0 Å². The second kappa shape index (κ2) is 6.00. The second-order valence-corrected chi connectivity index (χ2v) is 6.67. The summed E-state index contributed by atoms with van der Waals surface area (Å²) in [5.74, 6) is -0.719. The molecule has 22 heavy (non-hydrogen) atoms. The number of rotatable bonds is 5. The van der Waals surface area contributed by atoms with E-state index in [4.69, 9.17) is 9.84 Å². The molecule has 7 nitrogen and oxygen atoms in total. The second-order valence-electron chi connectivity index (χ2n) is 5.88. The summed E-state index contributed by atoms with van der Waals surface area (Å²) < 4.78 is 6.00. The van der Waals surface area contributed by atoms with E-state index in [0.29, 0.717) is 29.1 Å². The molecule has 0 radical (unpaired) electrons. The molecule has 2 aliphatic rings. The van der Waals surface area contributed by atoms with Gasteiger partial charge in [-0.05, 0) is 35.2 Å². The van der Waals surface area contributed by atoms with Gasteiger partial charge in [0.2, 0.25) is 0 Å². The maximum Gasteiger partial charge on any atom is 0.305 e. The molecule has 1 aliphatic heterocycles. The number of nitrogens with zero attached hydrogens (tertiary/aromatic N) is 2. The predicted octanol–water partition coefficient (Wildman–Crippen LogP) is 1.75. The van der Waals surface area contributed by atoms with Crippen LogP contribution in [0.1, 0.15) is 47.8 Å². The Labute approximate surface area is 136 Å². The maximum absolute atomic E-state index is 12.7. The lowest BCUT2D eigenvalue weighted by Crippen LogP contribution is -2.37. The molecule has 1 aromatic heterocycles. The molecule has 8 heteroatoms. The highest BCUT2D eigenvalue weighted by atomic mass is 79.9. The van der Waals surface area contributed by atoms with Crippen LogP contribution in [0, 0.1) is 0 Å². The van der Waals surface area contributed by atoms with Gasteiger partial charge in [0, 0.05) is 25.6 Å². The number of carbonyl (C=O) groups excluding carboxylic acids is 1. The van der Waals surface area contributed by atoms with Gasteiger partial charge in [-0.2, -0.15) is 5.10 Å². The molecule has 1 saturated carbocycles. The van der Waals surface area contributed by atoms with Crippen molar-refractivity contribution >= 4 is 27.8 Å². The lowest BCUT2D eigenvalue weighted by molar-refractivity contribution is -0.137. The van der Waals surface area contributed by atoms with Gasteiger partial charge in [-0.1, -0.05) is 0 Å². The van der Waals surface area contributed by atoms with Crippen LogP contribution >= 0.6 is 15.9 Å². The first-order chi connectivity index (χ1) is 10.5. The molecule has 120 valence electrons. The quantitative estimate of drug-likeness (QED) is 0.821. The molecule has 2 N–H and O–H groups in total. The molecule has 1 amide bonds. The van der Waals surface area contributed by atoms with Gasteiger partial charge in [0.1, 0.15) is 0 Å². The average molecular weight is 372 g/mol. The number of amides is 1. The summed E-state index contributed by atoms with van der Waals surface area (Å²) in [5, 5.41) is 16.1. The van der Waals surface area contributed by atoms with Crippen molar-refractivity contribution in [1.82, 2.24) is 15.1 Å². The number of aromatic amines is 1. The fraction of sp³-hybridized carbons (Fsp3) is 0.643. The molecule has 1 aliphatic carbocycles. The van der Waals surface area contributed by atoms with E-state index in [9.17, 15) is 9.59 Å². The van der Waals surface area contributed by atoms with Gasteiger partial charge in [0.05, 0.1) is 22.7 Å². The first-order valence-electron chi connectivity index (χ1n) is 7.30. The molecule has 2 fully saturated rings. The van der Waals surface area contributed by atoms with Crippen molar-refractivity contribution in [3.05, 3.63) is 15.9 Å². The van der Waals surface area contributed by atoms with Gasteiger partial charge >= 0.3 is 5.97 Å². The van der Waals surface area contributed by atoms with Crippen LogP contribution in [0.3, 0.4) is 0 Å². The standard InChI is InChI=1S/C14H18BrN3O4/c1-22-9-4-8(5-10(19)20)18(6-9)14(21)13-11(15)12(16-17-13)7-2-3-7/h7-9H,2-6H2,1H3,(H,16,17)(H,19,20). The van der Waals surface area contributed by atoms with Crippen LogP contribution in [0.2, 0.25) is 0 Å². The normalized spacial score (nSPS) is 24.7. The summed E-state index contributed by atoms with van der Waals surface area (Å²) >= 11 is 3.45. The zero-order chi connectivity index (χ0) is 15.9. The number of halogens is 1. The molecular weight excluding hydrogens is 354 g/mol. The number of hydrogen-bond acceptors (Lipinski definition) is 4. The van der Waals surface area contributed by atoms with Crippen molar-refractivity contribution in [1.29, 1.82) is 0 Å². The van der Waals surface area contributed by atoms with Gasteiger partial charge < -0.3 is 14.7 Å². The fourth-order valence-electron chi connectivity index (χ4n) is 2.95. The average Bonchev–Trinajstić information content (AvgIpc) is 3.12. The Bertz CT molecular complexity index is 599. The third kappa shape index (κ3) is 2.89. The summed E-state index contributed by atoms with van der Waals surface area (Å²) in [5.41, 5.74) is 1.29. The third-order valence-electron chi connectivity index (χ3n) is 4.30. The van der Waals surface area contributed by atoms with Crippen LogP contribution in [0.15, 0.2) is 4.47 Å². The lowest BCUT2D eigenvalue weighted by Gasteiger charge is -2.22. The van der Waals surface area contributed by atoms with Gasteiger partial charge in [0.15, 0.2) is 5.69 Å². The van der Waals surface area contributed by atoms with E-state index in [-0.39, 0.29) is 24.5 Å². The number of carboxylic acid groups (broad SMARTS) is 1. The van der Waals surface area contributed by atoms with Crippen molar-refractivity contribution < 1.29 is 19.4 Å². The number of nitrogens with one attached hydrogen (secondary N) is 1. The first kappa shape index (κ1) is 15.5. The van der Waals surface area contributed by atoms with Gasteiger partial charge in [-0.15, -0.1) is 0 Å². The minimum atomic E-state index is -0.917. The van der Waals surface area contributed by atoms with Crippen molar-refractivity contribution in [2.45, 2.75) is 43.7 Å². The fourth-order valence-corrected chi connectivity index (χ4v) is 3.62. The molecule has 2 atom stereocenters. The van der Waals surface area contributed by atoms with Crippen LogP contribution < -0.4 is 0 Å². The van der Waals surface area contributed by atoms with E-state index in [2.05, 4.69) is 26.1 Å². The van der Waals surface area contributed by atoms with Crippen molar-refractivity contribution in [3.63, 3.8) is 0 Å². The monoisotopic (exact) mass is 371 g/mol. The van der Waals surface area contributed by atoms with E-state index in [1.807, 2.05) is 0 Å². The Morgan fingerprint density at radius 1 is 1.50 bits per heavy atom. The summed E-state index contributed by atoms with van der Waals surface area (Å²) in [6.45, 7) is 0.394. The highest BCUT2D eigenvalue weighted by Gasteiger charge is 2.39. The number of likely N-dealkylation sites (tertiary alicyclic amines) is 1. The van der Waals surface area contributed by atoms with Crippen molar-refractivity contribution in [3.8, 4) is 0 Å². The summed E-state index contributed by atoms with van der Waals surface area (Å²) in [7, 11) is 1.58. The zero-order valence-corrected chi connectivity index (χ0v) is 13.8. The van der Waals surface area contributed by atoms with Gasteiger partial charge in [-0.3, -0.25) is 14.7 Å². The van der Waals surface area contributed by atoms with Gasteiger partial charge in [-0.25, -0.2) is 0 Å². The zero-order valence-electron chi connectivity index (χ0n) is 12.2. The summed E-state index contributed by atoms with van der Waals surface area (Å²) in [6.07, 6.45) is 2.53. The number of ether oxygens (including phenoxy) is 1. The Morgan fingerprint density at radius 3 is 2.82 bits per heavy atom. The number of methoxy groups -OCH3 is 1. The van der Waals surface area contributed by atoms with Gasteiger partial charge in [0.25, 0.3) is 5.91 Å². The summed E-state index contributed by atoms with van der Waals surface area (Å²) in [4.78, 5) is 25.3. The Kier molecular flexibility index (Phi) is 4.22. The third-order valence-corrected chi connectivity index (χ3v) is 5.10. The van der Waals surface area contributed by atoms with Crippen LogP contribution in [-0.4, -0.2) is 57.9 Å². The van der Waals surface area contributed by atoms with E-state index >= 15 is 0 Å². The van der Waals surface area contributed by atoms with E-state index in [1.165, 1.54) is 0 Å². The molecule has 1 saturated heterocycles. The largest absolute Gasteiger partial charge is 0.481 e. The number of aliphatic carboxylic acids is 1. The molecular formula is C14H18BrN3O4. The number of carboxylic acids is 1.